The number of hydrogen-bond acceptors (Lipinski definition) is 0. The molecule has 1 heteroatoms. The Labute approximate surface area is 107 Å². The molecule has 3 rings (SSSR count). The molecule has 0 aliphatic rings. The Hall–Kier alpha value is -1.56. The maximum absolute atomic E-state index is 2.25. The van der Waals surface area contributed by atoms with Crippen LogP contribution in [-0.2, 0) is 0 Å². The van der Waals surface area contributed by atoms with E-state index < -0.39 is 0 Å². The van der Waals surface area contributed by atoms with Crippen LogP contribution >= 0.6 is 0 Å². The average Bonchev–Trinajstić information content (AvgIpc) is 2.40. The first-order valence-electron chi connectivity index (χ1n) is 5.64. The first kappa shape index (κ1) is 10.6. The molecule has 0 nitrogen and oxygen atoms in total. The second kappa shape index (κ2) is 4.75. The standard InChI is InChI=1S/C16H12Se/c1-2-9-14(10-3-1)17-16-12-6-8-13-7-4-5-11-15(13)16/h1-12H. The third-order valence-corrected chi connectivity index (χ3v) is 4.99. The normalized spacial score (nSPS) is 10.6. The fraction of sp³-hybridized carbons (Fsp3) is 0. The molecule has 82 valence electrons. The molecule has 0 amide bonds. The number of fused-ring (bicyclic) bond motifs is 1. The molecule has 0 aliphatic heterocycles. The molecule has 0 atom stereocenters. The van der Waals surface area contributed by atoms with E-state index in [1.807, 2.05) is 0 Å². The van der Waals surface area contributed by atoms with Crippen molar-refractivity contribution in [2.75, 3.05) is 0 Å². The molecular formula is C16H12Se. The van der Waals surface area contributed by atoms with Crippen LogP contribution in [0, 0.1) is 0 Å². The Kier molecular flexibility index (Phi) is 2.96. The van der Waals surface area contributed by atoms with Crippen LogP contribution in [-0.4, -0.2) is 15.0 Å². The summed E-state index contributed by atoms with van der Waals surface area (Å²) in [4.78, 5) is 0. The third kappa shape index (κ3) is 2.26. The van der Waals surface area contributed by atoms with Crippen molar-refractivity contribution >= 4 is 34.7 Å². The molecule has 0 bridgehead atoms. The van der Waals surface area contributed by atoms with E-state index in [0.717, 1.165) is 0 Å². The van der Waals surface area contributed by atoms with Crippen LogP contribution < -0.4 is 8.92 Å². The van der Waals surface area contributed by atoms with E-state index in [4.69, 9.17) is 0 Å². The summed E-state index contributed by atoms with van der Waals surface area (Å²) in [6.45, 7) is 0. The average molecular weight is 283 g/mol. The van der Waals surface area contributed by atoms with Crippen LogP contribution in [0.5, 0.6) is 0 Å². The van der Waals surface area contributed by atoms with E-state index in [1.54, 1.807) is 0 Å². The predicted octanol–water partition coefficient (Wildman–Crippen LogP) is 2.49. The van der Waals surface area contributed by atoms with Gasteiger partial charge in [0.05, 0.1) is 0 Å². The van der Waals surface area contributed by atoms with Crippen molar-refractivity contribution in [1.29, 1.82) is 0 Å². The summed E-state index contributed by atoms with van der Waals surface area (Å²) in [5.41, 5.74) is 0. The fourth-order valence-corrected chi connectivity index (χ4v) is 3.98. The van der Waals surface area contributed by atoms with Gasteiger partial charge in [0.25, 0.3) is 0 Å². The van der Waals surface area contributed by atoms with Gasteiger partial charge in [-0.25, -0.2) is 0 Å². The zero-order valence-corrected chi connectivity index (χ0v) is 11.0. The number of rotatable bonds is 2. The van der Waals surface area contributed by atoms with Gasteiger partial charge < -0.3 is 0 Å². The van der Waals surface area contributed by atoms with Gasteiger partial charge in [-0.3, -0.25) is 0 Å². The monoisotopic (exact) mass is 284 g/mol. The molecule has 3 aromatic rings. The maximum atomic E-state index is 2.25. The Balaban J connectivity index is 2.06. The van der Waals surface area contributed by atoms with Crippen molar-refractivity contribution in [3.8, 4) is 0 Å². The van der Waals surface area contributed by atoms with Crippen LogP contribution in [0.25, 0.3) is 10.8 Å². The van der Waals surface area contributed by atoms with Gasteiger partial charge >= 0.3 is 107 Å². The Bertz CT molecular complexity index is 624. The molecule has 0 saturated heterocycles. The molecule has 0 unspecified atom stereocenters. The van der Waals surface area contributed by atoms with E-state index >= 15 is 0 Å². The Morgan fingerprint density at radius 3 is 2.18 bits per heavy atom. The van der Waals surface area contributed by atoms with E-state index in [9.17, 15) is 0 Å². The zero-order chi connectivity index (χ0) is 11.5. The van der Waals surface area contributed by atoms with Crippen LogP contribution in [0.1, 0.15) is 0 Å². The predicted molar refractivity (Wildman–Crippen MR) is 75.4 cm³/mol. The quantitative estimate of drug-likeness (QED) is 0.634. The summed E-state index contributed by atoms with van der Waals surface area (Å²) < 4.78 is 2.89. The number of benzene rings is 3. The SMILES string of the molecule is c1ccc([Se]c2cccc3ccccc23)cc1. The molecule has 3 aromatic carbocycles. The third-order valence-electron chi connectivity index (χ3n) is 2.72. The summed E-state index contributed by atoms with van der Waals surface area (Å²) in [6.07, 6.45) is 0. The van der Waals surface area contributed by atoms with Crippen molar-refractivity contribution in [3.63, 3.8) is 0 Å². The van der Waals surface area contributed by atoms with E-state index in [0.29, 0.717) is 15.0 Å². The van der Waals surface area contributed by atoms with Gasteiger partial charge in [-0.2, -0.15) is 0 Å². The molecule has 0 radical (unpaired) electrons. The Morgan fingerprint density at radius 2 is 1.29 bits per heavy atom. The molecule has 0 saturated carbocycles. The van der Waals surface area contributed by atoms with Crippen LogP contribution in [0.3, 0.4) is 0 Å². The summed E-state index contributed by atoms with van der Waals surface area (Å²) in [5.74, 6) is 0. The molecule has 0 heterocycles. The number of hydrogen-bond donors (Lipinski definition) is 0. The topological polar surface area (TPSA) is 0 Å². The summed E-state index contributed by atoms with van der Waals surface area (Å²) in [7, 11) is 0. The summed E-state index contributed by atoms with van der Waals surface area (Å²) >= 11 is 0.391. The second-order valence-electron chi connectivity index (χ2n) is 3.89. The summed E-state index contributed by atoms with van der Waals surface area (Å²) in [5, 5.41) is 2.72. The first-order valence-corrected chi connectivity index (χ1v) is 7.35. The van der Waals surface area contributed by atoms with Gasteiger partial charge in [0.1, 0.15) is 0 Å². The van der Waals surface area contributed by atoms with Gasteiger partial charge in [0, 0.05) is 0 Å². The van der Waals surface area contributed by atoms with Crippen molar-refractivity contribution in [2.24, 2.45) is 0 Å². The molecule has 0 N–H and O–H groups in total. The van der Waals surface area contributed by atoms with Gasteiger partial charge in [-0.05, 0) is 0 Å². The molecule has 0 spiro atoms. The Morgan fingerprint density at radius 1 is 0.588 bits per heavy atom. The van der Waals surface area contributed by atoms with Crippen molar-refractivity contribution in [3.05, 3.63) is 72.8 Å². The van der Waals surface area contributed by atoms with Crippen molar-refractivity contribution in [1.82, 2.24) is 0 Å². The first-order chi connectivity index (χ1) is 8.43. The fourth-order valence-electron chi connectivity index (χ4n) is 1.90. The van der Waals surface area contributed by atoms with E-state index in [2.05, 4.69) is 72.8 Å². The second-order valence-corrected chi connectivity index (χ2v) is 6.23. The summed E-state index contributed by atoms with van der Waals surface area (Å²) in [6, 6.07) is 25.9. The van der Waals surface area contributed by atoms with Gasteiger partial charge in [-0.1, -0.05) is 0 Å². The van der Waals surface area contributed by atoms with E-state index in [-0.39, 0.29) is 0 Å². The van der Waals surface area contributed by atoms with Crippen LogP contribution in [0.4, 0.5) is 0 Å². The molecule has 0 aliphatic carbocycles. The minimum atomic E-state index is 0.391. The zero-order valence-electron chi connectivity index (χ0n) is 9.34. The molecule has 0 aromatic heterocycles. The van der Waals surface area contributed by atoms with Gasteiger partial charge in [0.15, 0.2) is 0 Å². The van der Waals surface area contributed by atoms with E-state index in [1.165, 1.54) is 19.7 Å². The minimum absolute atomic E-state index is 0.391. The molecular weight excluding hydrogens is 271 g/mol. The van der Waals surface area contributed by atoms with Crippen molar-refractivity contribution < 1.29 is 0 Å². The van der Waals surface area contributed by atoms with Gasteiger partial charge in [0.2, 0.25) is 0 Å². The van der Waals surface area contributed by atoms with Crippen molar-refractivity contribution in [2.45, 2.75) is 0 Å². The van der Waals surface area contributed by atoms with Crippen LogP contribution in [0.15, 0.2) is 72.8 Å². The molecule has 17 heavy (non-hydrogen) atoms. The van der Waals surface area contributed by atoms with Gasteiger partial charge in [-0.15, -0.1) is 0 Å². The molecule has 0 fully saturated rings. The van der Waals surface area contributed by atoms with Crippen LogP contribution in [0.2, 0.25) is 0 Å².